The van der Waals surface area contributed by atoms with Crippen molar-refractivity contribution in [3.05, 3.63) is 83.0 Å². The number of fused-ring (bicyclic) bond motifs is 1. The van der Waals surface area contributed by atoms with E-state index in [2.05, 4.69) is 93.9 Å². The van der Waals surface area contributed by atoms with E-state index in [4.69, 9.17) is 4.98 Å². The minimum absolute atomic E-state index is 1.01. The van der Waals surface area contributed by atoms with Gasteiger partial charge in [-0.15, -0.1) is 0 Å². The van der Waals surface area contributed by atoms with Gasteiger partial charge in [-0.05, 0) is 68.7 Å². The molecule has 4 rings (SSSR count). The number of pyridine rings is 2. The Labute approximate surface area is 161 Å². The Balaban J connectivity index is 2.14. The summed E-state index contributed by atoms with van der Waals surface area (Å²) >= 11 is 0. The Bertz CT molecular complexity index is 1160. The van der Waals surface area contributed by atoms with E-state index >= 15 is 0 Å². The van der Waals surface area contributed by atoms with Crippen LogP contribution >= 0.6 is 0 Å². The number of benzene rings is 2. The Morgan fingerprint density at radius 3 is 2.30 bits per heavy atom. The van der Waals surface area contributed by atoms with Gasteiger partial charge >= 0.3 is 0 Å². The molecule has 2 heteroatoms. The van der Waals surface area contributed by atoms with Crippen LogP contribution in [-0.4, -0.2) is 4.98 Å². The fraction of sp³-hybridized carbons (Fsp3) is 0.200. The molecule has 0 N–H and O–H groups in total. The maximum absolute atomic E-state index is 4.74. The van der Waals surface area contributed by atoms with Gasteiger partial charge in [0, 0.05) is 17.6 Å². The molecule has 0 aliphatic carbocycles. The van der Waals surface area contributed by atoms with Crippen molar-refractivity contribution >= 4 is 10.9 Å². The summed E-state index contributed by atoms with van der Waals surface area (Å²) in [5, 5.41) is 1.23. The van der Waals surface area contributed by atoms with Crippen LogP contribution in [0.5, 0.6) is 0 Å². The van der Waals surface area contributed by atoms with Crippen molar-refractivity contribution in [2.24, 2.45) is 7.05 Å². The fourth-order valence-electron chi connectivity index (χ4n) is 3.87. The summed E-state index contributed by atoms with van der Waals surface area (Å²) in [6, 6.07) is 19.6. The van der Waals surface area contributed by atoms with Crippen molar-refractivity contribution in [3.63, 3.8) is 0 Å². The van der Waals surface area contributed by atoms with E-state index in [9.17, 15) is 0 Å². The summed E-state index contributed by atoms with van der Waals surface area (Å²) in [5.41, 5.74) is 11.0. The van der Waals surface area contributed by atoms with Crippen molar-refractivity contribution in [1.82, 2.24) is 4.98 Å². The molecule has 2 aromatic heterocycles. The maximum Gasteiger partial charge on any atom is 0.222 e. The molecule has 2 heterocycles. The largest absolute Gasteiger partial charge is 0.256 e. The van der Waals surface area contributed by atoms with Crippen LogP contribution in [0, 0.1) is 27.7 Å². The van der Waals surface area contributed by atoms with E-state index in [1.54, 1.807) is 0 Å². The lowest BCUT2D eigenvalue weighted by atomic mass is 9.93. The van der Waals surface area contributed by atoms with Crippen molar-refractivity contribution in [3.8, 4) is 22.5 Å². The van der Waals surface area contributed by atoms with Crippen LogP contribution in [0.1, 0.15) is 22.3 Å². The third-order valence-corrected chi connectivity index (χ3v) is 5.44. The Morgan fingerprint density at radius 1 is 0.778 bits per heavy atom. The normalized spacial score (nSPS) is 11.1. The van der Waals surface area contributed by atoms with E-state index in [-0.39, 0.29) is 0 Å². The SMILES string of the molecule is Cc1ccc(-c2cc3ccccc3[n+](C)c2-c2cc(C)cc(C)c2C)nc1. The van der Waals surface area contributed by atoms with E-state index in [0.717, 1.165) is 5.69 Å². The summed E-state index contributed by atoms with van der Waals surface area (Å²) in [4.78, 5) is 4.74. The number of rotatable bonds is 2. The predicted octanol–water partition coefficient (Wildman–Crippen LogP) is 5.63. The van der Waals surface area contributed by atoms with Gasteiger partial charge in [-0.25, -0.2) is 0 Å². The van der Waals surface area contributed by atoms with E-state index < -0.39 is 0 Å². The van der Waals surface area contributed by atoms with E-state index in [1.165, 1.54) is 50.0 Å². The molecule has 0 radical (unpaired) electrons. The van der Waals surface area contributed by atoms with Gasteiger partial charge in [0.05, 0.1) is 16.8 Å². The third-order valence-electron chi connectivity index (χ3n) is 5.44. The Morgan fingerprint density at radius 2 is 1.56 bits per heavy atom. The quantitative estimate of drug-likeness (QED) is 0.427. The standard InChI is InChI=1S/C25H25N2/c1-16-10-11-23(26-15-16)22-14-20-8-6-7-9-24(20)27(5)25(22)21-13-17(2)12-18(3)19(21)4/h6-15H,1-5H3/q+1. The van der Waals surface area contributed by atoms with Gasteiger partial charge in [0.2, 0.25) is 11.2 Å². The van der Waals surface area contributed by atoms with Gasteiger partial charge in [0.25, 0.3) is 0 Å². The second-order valence-corrected chi connectivity index (χ2v) is 7.50. The number of aryl methyl sites for hydroxylation is 4. The van der Waals surface area contributed by atoms with Crippen LogP contribution in [0.2, 0.25) is 0 Å². The van der Waals surface area contributed by atoms with Crippen molar-refractivity contribution < 1.29 is 4.57 Å². The molecule has 0 bridgehead atoms. The van der Waals surface area contributed by atoms with E-state index in [1.807, 2.05) is 6.20 Å². The molecule has 2 aromatic carbocycles. The number of aromatic nitrogens is 2. The molecule has 27 heavy (non-hydrogen) atoms. The topological polar surface area (TPSA) is 16.8 Å². The van der Waals surface area contributed by atoms with E-state index in [0.29, 0.717) is 0 Å². The average molecular weight is 353 g/mol. The first-order valence-electron chi connectivity index (χ1n) is 9.38. The van der Waals surface area contributed by atoms with Crippen molar-refractivity contribution in [2.75, 3.05) is 0 Å². The summed E-state index contributed by atoms with van der Waals surface area (Å²) in [6.07, 6.45) is 1.95. The van der Waals surface area contributed by atoms with Crippen LogP contribution in [0.3, 0.4) is 0 Å². The van der Waals surface area contributed by atoms with Gasteiger partial charge in [-0.3, -0.25) is 4.98 Å². The number of para-hydroxylation sites is 1. The Hall–Kier alpha value is -3.00. The van der Waals surface area contributed by atoms with Gasteiger partial charge in [-0.1, -0.05) is 29.8 Å². The lowest BCUT2D eigenvalue weighted by Gasteiger charge is -2.14. The molecule has 4 aromatic rings. The van der Waals surface area contributed by atoms with Gasteiger partial charge in [0.15, 0.2) is 0 Å². The highest BCUT2D eigenvalue weighted by Gasteiger charge is 2.24. The van der Waals surface area contributed by atoms with Gasteiger partial charge < -0.3 is 0 Å². The molecule has 0 amide bonds. The highest BCUT2D eigenvalue weighted by molar-refractivity contribution is 5.88. The first-order chi connectivity index (χ1) is 13.0. The molecule has 2 nitrogen and oxygen atoms in total. The minimum Gasteiger partial charge on any atom is -0.256 e. The van der Waals surface area contributed by atoms with Crippen molar-refractivity contribution in [2.45, 2.75) is 27.7 Å². The smallest absolute Gasteiger partial charge is 0.222 e. The molecule has 0 atom stereocenters. The fourth-order valence-corrected chi connectivity index (χ4v) is 3.87. The van der Waals surface area contributed by atoms with Crippen LogP contribution in [0.15, 0.2) is 60.8 Å². The van der Waals surface area contributed by atoms with Crippen LogP contribution in [-0.2, 0) is 7.05 Å². The maximum atomic E-state index is 4.74. The predicted molar refractivity (Wildman–Crippen MR) is 113 cm³/mol. The molecular weight excluding hydrogens is 328 g/mol. The summed E-state index contributed by atoms with van der Waals surface area (Å²) < 4.78 is 2.31. The summed E-state index contributed by atoms with van der Waals surface area (Å²) in [7, 11) is 2.16. The number of nitrogens with zero attached hydrogens (tertiary/aromatic N) is 2. The molecular formula is C25H25N2+. The second-order valence-electron chi connectivity index (χ2n) is 7.50. The van der Waals surface area contributed by atoms with Gasteiger partial charge in [-0.2, -0.15) is 4.57 Å². The molecule has 0 aliphatic rings. The second kappa shape index (κ2) is 6.62. The summed E-state index contributed by atoms with van der Waals surface area (Å²) in [6.45, 7) is 8.65. The Kier molecular flexibility index (Phi) is 4.27. The zero-order valence-electron chi connectivity index (χ0n) is 16.7. The molecule has 0 saturated carbocycles. The molecule has 0 fully saturated rings. The zero-order valence-corrected chi connectivity index (χ0v) is 16.7. The highest BCUT2D eigenvalue weighted by atomic mass is 14.9. The lowest BCUT2D eigenvalue weighted by molar-refractivity contribution is -0.633. The number of hydrogen-bond donors (Lipinski definition) is 0. The van der Waals surface area contributed by atoms with Gasteiger partial charge in [0.1, 0.15) is 7.05 Å². The highest BCUT2D eigenvalue weighted by Crippen LogP contribution is 2.34. The van der Waals surface area contributed by atoms with Crippen LogP contribution < -0.4 is 4.57 Å². The van der Waals surface area contributed by atoms with Crippen LogP contribution in [0.4, 0.5) is 0 Å². The van der Waals surface area contributed by atoms with Crippen LogP contribution in [0.25, 0.3) is 33.4 Å². The first-order valence-corrected chi connectivity index (χ1v) is 9.38. The molecule has 0 saturated heterocycles. The molecule has 0 aliphatic heterocycles. The molecule has 134 valence electrons. The third kappa shape index (κ3) is 3.02. The number of hydrogen-bond acceptors (Lipinski definition) is 1. The molecule has 0 spiro atoms. The lowest BCUT2D eigenvalue weighted by Crippen LogP contribution is -2.33. The average Bonchev–Trinajstić information content (AvgIpc) is 2.65. The zero-order chi connectivity index (χ0) is 19.1. The summed E-state index contributed by atoms with van der Waals surface area (Å²) in [5.74, 6) is 0. The van der Waals surface area contributed by atoms with Crippen molar-refractivity contribution in [1.29, 1.82) is 0 Å². The minimum atomic E-state index is 1.01. The first kappa shape index (κ1) is 17.4. The monoisotopic (exact) mass is 353 g/mol. The molecule has 0 unspecified atom stereocenters.